The zero-order chi connectivity index (χ0) is 18.6. The van der Waals surface area contributed by atoms with Gasteiger partial charge in [-0.2, -0.15) is 13.2 Å². The number of carbonyl (C=O) groups excluding carboxylic acids is 2. The summed E-state index contributed by atoms with van der Waals surface area (Å²) in [4.78, 5) is 23.7. The molecule has 0 aliphatic rings. The van der Waals surface area contributed by atoms with Gasteiger partial charge in [-0.25, -0.2) is 4.79 Å². The Labute approximate surface area is 144 Å². The van der Waals surface area contributed by atoms with Crippen molar-refractivity contribution in [3.8, 4) is 0 Å². The number of anilines is 1. The molecular weight excluding hydrogens is 361 g/mol. The number of aryl methyl sites for hydroxylation is 1. The van der Waals surface area contributed by atoms with E-state index in [-0.39, 0.29) is 16.3 Å². The number of hydrogen-bond acceptors (Lipinski definition) is 6. The molecule has 1 unspecified atom stereocenters. The molecule has 0 radical (unpaired) electrons. The second kappa shape index (κ2) is 7.60. The number of nitrogens with zero attached hydrogens (tertiary/aromatic N) is 1. The number of benzene rings is 1. The van der Waals surface area contributed by atoms with Crippen LogP contribution in [0.25, 0.3) is 0 Å². The quantitative estimate of drug-likeness (QED) is 0.634. The number of nitrogens with one attached hydrogen (secondary N) is 1. The average molecular weight is 374 g/mol. The fourth-order valence-electron chi connectivity index (χ4n) is 1.77. The molecule has 1 N–H and O–H groups in total. The van der Waals surface area contributed by atoms with E-state index in [1.54, 1.807) is 6.92 Å². The summed E-state index contributed by atoms with van der Waals surface area (Å²) < 4.78 is 47.4. The van der Waals surface area contributed by atoms with E-state index in [0.717, 1.165) is 6.07 Å². The minimum absolute atomic E-state index is 0.0680. The Kier molecular flexibility index (Phi) is 5.73. The van der Waals surface area contributed by atoms with Gasteiger partial charge in [-0.1, -0.05) is 17.3 Å². The lowest BCUT2D eigenvalue weighted by molar-refractivity contribution is -0.124. The molecule has 6 nitrogen and oxygen atoms in total. The lowest BCUT2D eigenvalue weighted by Gasteiger charge is -2.14. The summed E-state index contributed by atoms with van der Waals surface area (Å²) in [5.74, 6) is -1.67. The summed E-state index contributed by atoms with van der Waals surface area (Å²) in [5.41, 5.74) is -4.29. The third-order valence-electron chi connectivity index (χ3n) is 2.86. The molecule has 0 saturated carbocycles. The molecule has 10 heteroatoms. The van der Waals surface area contributed by atoms with Crippen LogP contribution in [0.5, 0.6) is 0 Å². The van der Waals surface area contributed by atoms with Crippen LogP contribution in [-0.2, 0) is 9.53 Å². The Morgan fingerprint density at radius 2 is 2.00 bits per heavy atom. The van der Waals surface area contributed by atoms with E-state index < -0.39 is 35.3 Å². The van der Waals surface area contributed by atoms with Gasteiger partial charge >= 0.3 is 11.5 Å². The number of hydrogen-bond donors (Lipinski definition) is 1. The van der Waals surface area contributed by atoms with Crippen molar-refractivity contribution in [1.82, 2.24) is 5.16 Å². The predicted molar refractivity (Wildman–Crippen MR) is 83.1 cm³/mol. The lowest BCUT2D eigenvalue weighted by atomic mass is 10.2. The first-order valence-electron chi connectivity index (χ1n) is 6.95. The van der Waals surface area contributed by atoms with E-state index in [9.17, 15) is 22.8 Å². The minimum atomic E-state index is -4.55. The van der Waals surface area contributed by atoms with Gasteiger partial charge in [0.05, 0.1) is 11.3 Å². The standard InChI is InChI=1S/C15H13F3N2O4S/c1-8-7-12(24-20-8)19-13(21)9(2)23-14(22)10-5-3-4-6-11(10)25-15(16,17)18/h3-7,9H,1-2H3,(H,19,21). The highest BCUT2D eigenvalue weighted by atomic mass is 32.2. The van der Waals surface area contributed by atoms with Gasteiger partial charge in [0.25, 0.3) is 5.91 Å². The lowest BCUT2D eigenvalue weighted by Crippen LogP contribution is -2.30. The normalized spacial score (nSPS) is 12.5. The smallest absolute Gasteiger partial charge is 0.446 e. The maximum atomic E-state index is 12.6. The van der Waals surface area contributed by atoms with Gasteiger partial charge in [-0.3, -0.25) is 10.1 Å². The van der Waals surface area contributed by atoms with Crippen molar-refractivity contribution in [3.05, 3.63) is 41.6 Å². The maximum Gasteiger partial charge on any atom is 0.446 e. The molecule has 1 amide bonds. The third-order valence-corrected chi connectivity index (χ3v) is 3.67. The number of alkyl halides is 3. The largest absolute Gasteiger partial charge is 0.449 e. The number of halogens is 3. The van der Waals surface area contributed by atoms with Crippen LogP contribution in [0.4, 0.5) is 19.1 Å². The first-order chi connectivity index (χ1) is 11.7. The van der Waals surface area contributed by atoms with Crippen LogP contribution in [0.15, 0.2) is 39.8 Å². The Hall–Kier alpha value is -2.49. The molecule has 1 aromatic heterocycles. The molecule has 1 atom stereocenters. The van der Waals surface area contributed by atoms with E-state index in [4.69, 9.17) is 9.26 Å². The van der Waals surface area contributed by atoms with Gasteiger partial charge < -0.3 is 9.26 Å². The zero-order valence-corrected chi connectivity index (χ0v) is 13.9. The molecule has 2 aromatic rings. The van der Waals surface area contributed by atoms with Gasteiger partial charge in [0.1, 0.15) is 0 Å². The summed E-state index contributed by atoms with van der Waals surface area (Å²) in [6.07, 6.45) is -1.25. The van der Waals surface area contributed by atoms with Gasteiger partial charge in [-0.15, -0.1) is 0 Å². The maximum absolute atomic E-state index is 12.6. The number of thioether (sulfide) groups is 1. The van der Waals surface area contributed by atoms with Gasteiger partial charge in [0, 0.05) is 11.0 Å². The van der Waals surface area contributed by atoms with E-state index in [1.807, 2.05) is 0 Å². The molecular formula is C15H13F3N2O4S. The van der Waals surface area contributed by atoms with Crippen molar-refractivity contribution in [1.29, 1.82) is 0 Å². The molecule has 1 heterocycles. The van der Waals surface area contributed by atoms with Crippen molar-refractivity contribution < 1.29 is 32.0 Å². The van der Waals surface area contributed by atoms with Crippen LogP contribution >= 0.6 is 11.8 Å². The van der Waals surface area contributed by atoms with Crippen LogP contribution in [0, 0.1) is 6.92 Å². The molecule has 134 valence electrons. The monoisotopic (exact) mass is 374 g/mol. The van der Waals surface area contributed by atoms with Crippen molar-refractivity contribution in [2.75, 3.05) is 5.32 Å². The Balaban J connectivity index is 2.05. The first kappa shape index (κ1) is 18.8. The van der Waals surface area contributed by atoms with Crippen LogP contribution in [0.1, 0.15) is 23.0 Å². The van der Waals surface area contributed by atoms with E-state index >= 15 is 0 Å². The summed E-state index contributed by atoms with van der Waals surface area (Å²) in [6.45, 7) is 2.94. The zero-order valence-electron chi connectivity index (χ0n) is 13.1. The first-order valence-corrected chi connectivity index (χ1v) is 7.77. The predicted octanol–water partition coefficient (Wildman–Crippen LogP) is 3.78. The molecule has 25 heavy (non-hydrogen) atoms. The number of ether oxygens (including phenoxy) is 1. The van der Waals surface area contributed by atoms with Gasteiger partial charge in [0.15, 0.2) is 6.10 Å². The summed E-state index contributed by atoms with van der Waals surface area (Å²) >= 11 is -0.428. The van der Waals surface area contributed by atoms with Gasteiger partial charge in [0.2, 0.25) is 5.88 Å². The number of rotatable bonds is 5. The molecule has 0 saturated heterocycles. The highest BCUT2D eigenvalue weighted by Gasteiger charge is 2.32. The molecule has 0 aliphatic carbocycles. The average Bonchev–Trinajstić information content (AvgIpc) is 2.91. The molecule has 2 rings (SSSR count). The Bertz CT molecular complexity index is 776. The van der Waals surface area contributed by atoms with E-state index in [2.05, 4.69) is 10.5 Å². The van der Waals surface area contributed by atoms with Crippen LogP contribution in [-0.4, -0.2) is 28.6 Å². The minimum Gasteiger partial charge on any atom is -0.449 e. The molecule has 0 fully saturated rings. The number of aromatic nitrogens is 1. The molecule has 0 aliphatic heterocycles. The third kappa shape index (κ3) is 5.52. The van der Waals surface area contributed by atoms with E-state index in [0.29, 0.717) is 5.69 Å². The van der Waals surface area contributed by atoms with Crippen LogP contribution in [0.2, 0.25) is 0 Å². The fraction of sp³-hybridized carbons (Fsp3) is 0.267. The second-order valence-electron chi connectivity index (χ2n) is 4.91. The number of esters is 1. The highest BCUT2D eigenvalue weighted by Crippen LogP contribution is 2.38. The fourth-order valence-corrected chi connectivity index (χ4v) is 2.43. The van der Waals surface area contributed by atoms with Crippen molar-refractivity contribution in [2.45, 2.75) is 30.4 Å². The molecule has 0 bridgehead atoms. The van der Waals surface area contributed by atoms with Crippen LogP contribution in [0.3, 0.4) is 0 Å². The second-order valence-corrected chi connectivity index (χ2v) is 6.02. The van der Waals surface area contributed by atoms with Crippen molar-refractivity contribution >= 4 is 29.5 Å². The highest BCUT2D eigenvalue weighted by molar-refractivity contribution is 8.00. The molecule has 1 aromatic carbocycles. The van der Waals surface area contributed by atoms with Crippen LogP contribution < -0.4 is 5.32 Å². The number of amides is 1. The van der Waals surface area contributed by atoms with Crippen molar-refractivity contribution in [2.24, 2.45) is 0 Å². The number of carbonyl (C=O) groups is 2. The van der Waals surface area contributed by atoms with Gasteiger partial charge in [-0.05, 0) is 37.7 Å². The molecule has 0 spiro atoms. The summed E-state index contributed by atoms with van der Waals surface area (Å²) in [5, 5.41) is 5.92. The van der Waals surface area contributed by atoms with E-state index in [1.165, 1.54) is 31.2 Å². The summed E-state index contributed by atoms with van der Waals surface area (Å²) in [7, 11) is 0. The topological polar surface area (TPSA) is 81.4 Å². The Morgan fingerprint density at radius 1 is 1.32 bits per heavy atom. The summed E-state index contributed by atoms with van der Waals surface area (Å²) in [6, 6.07) is 6.58. The SMILES string of the molecule is Cc1cc(NC(=O)C(C)OC(=O)c2ccccc2SC(F)(F)F)on1. The van der Waals surface area contributed by atoms with Crippen molar-refractivity contribution in [3.63, 3.8) is 0 Å². The Morgan fingerprint density at radius 3 is 2.60 bits per heavy atom.